The summed E-state index contributed by atoms with van der Waals surface area (Å²) in [7, 11) is 0. The van der Waals surface area contributed by atoms with Gasteiger partial charge in [-0.05, 0) is 12.1 Å². The molecule has 0 heterocycles. The smallest absolute Gasteiger partial charge is 0.377 e. The lowest BCUT2D eigenvalue weighted by atomic mass is 10.1. The average Bonchev–Trinajstić information content (AvgIpc) is 2.16. The van der Waals surface area contributed by atoms with Crippen LogP contribution < -0.4 is 4.18 Å². The molecule has 1 aromatic carbocycles. The standard InChI is InChI=1S/C8H6ClFO3S/c9-5-8(11)6-2-1-3-7(4-6)13-14(10)12/h1-4H,5H2. The third-order valence-corrected chi connectivity index (χ3v) is 2.01. The normalized spacial score (nSPS) is 12.1. The number of hydrogen-bond donors (Lipinski definition) is 0. The maximum Gasteiger partial charge on any atom is 0.401 e. The van der Waals surface area contributed by atoms with Gasteiger partial charge in [0.05, 0.1) is 5.88 Å². The van der Waals surface area contributed by atoms with Gasteiger partial charge in [-0.15, -0.1) is 11.6 Å². The van der Waals surface area contributed by atoms with E-state index in [1.807, 2.05) is 0 Å². The molecule has 3 nitrogen and oxygen atoms in total. The molecule has 14 heavy (non-hydrogen) atoms. The fourth-order valence-corrected chi connectivity index (χ4v) is 1.28. The van der Waals surface area contributed by atoms with Gasteiger partial charge < -0.3 is 4.18 Å². The zero-order valence-electron chi connectivity index (χ0n) is 6.91. The number of benzene rings is 1. The lowest BCUT2D eigenvalue weighted by Gasteiger charge is -2.00. The van der Waals surface area contributed by atoms with Crippen molar-refractivity contribution in [3.63, 3.8) is 0 Å². The molecule has 0 amide bonds. The van der Waals surface area contributed by atoms with Crippen molar-refractivity contribution in [3.05, 3.63) is 29.8 Å². The molecule has 1 unspecified atom stereocenters. The summed E-state index contributed by atoms with van der Waals surface area (Å²) in [5.74, 6) is -0.439. The van der Waals surface area contributed by atoms with Crippen LogP contribution in [0.4, 0.5) is 3.89 Å². The summed E-state index contributed by atoms with van der Waals surface area (Å²) in [5.41, 5.74) is 0.294. The zero-order valence-corrected chi connectivity index (χ0v) is 8.48. The Labute approximate surface area is 87.8 Å². The van der Waals surface area contributed by atoms with Crippen molar-refractivity contribution in [1.29, 1.82) is 0 Å². The molecule has 0 bridgehead atoms. The SMILES string of the molecule is O=C(CCl)c1cccc(OS(=O)F)c1. The van der Waals surface area contributed by atoms with Crippen molar-refractivity contribution < 1.29 is 17.1 Å². The molecule has 0 radical (unpaired) electrons. The van der Waals surface area contributed by atoms with Gasteiger partial charge in [0.15, 0.2) is 5.78 Å². The average molecular weight is 237 g/mol. The summed E-state index contributed by atoms with van der Waals surface area (Å²) in [6.07, 6.45) is 0. The number of rotatable bonds is 4. The van der Waals surface area contributed by atoms with E-state index in [0.29, 0.717) is 5.56 Å². The number of carbonyl (C=O) groups excluding carboxylic acids is 1. The first kappa shape index (κ1) is 11.1. The van der Waals surface area contributed by atoms with Gasteiger partial charge in [0.25, 0.3) is 0 Å². The fourth-order valence-electron chi connectivity index (χ4n) is 0.874. The van der Waals surface area contributed by atoms with Gasteiger partial charge in [-0.3, -0.25) is 4.79 Å². The van der Waals surface area contributed by atoms with Crippen molar-refractivity contribution >= 4 is 28.9 Å². The van der Waals surface area contributed by atoms with E-state index in [1.54, 1.807) is 0 Å². The highest BCUT2D eigenvalue weighted by Gasteiger charge is 2.06. The number of ketones is 1. The van der Waals surface area contributed by atoms with Crippen LogP contribution in [-0.4, -0.2) is 15.9 Å². The zero-order chi connectivity index (χ0) is 10.6. The number of hydrogen-bond acceptors (Lipinski definition) is 3. The Morgan fingerprint density at radius 1 is 1.57 bits per heavy atom. The molecule has 0 aromatic heterocycles. The minimum Gasteiger partial charge on any atom is -0.377 e. The van der Waals surface area contributed by atoms with Crippen molar-refractivity contribution in [3.8, 4) is 5.75 Å². The minimum atomic E-state index is -2.88. The van der Waals surface area contributed by atoms with Gasteiger partial charge in [-0.2, -0.15) is 4.21 Å². The van der Waals surface area contributed by atoms with Crippen LogP contribution >= 0.6 is 11.6 Å². The first-order valence-electron chi connectivity index (χ1n) is 3.59. The van der Waals surface area contributed by atoms with Crippen LogP contribution in [0.3, 0.4) is 0 Å². The van der Waals surface area contributed by atoms with Crippen LogP contribution in [0.15, 0.2) is 24.3 Å². The molecule has 0 aliphatic heterocycles. The summed E-state index contributed by atoms with van der Waals surface area (Å²) in [6, 6.07) is 5.67. The van der Waals surface area contributed by atoms with Crippen LogP contribution in [0.25, 0.3) is 0 Å². The second-order valence-electron chi connectivity index (χ2n) is 2.36. The minimum absolute atomic E-state index is 0.0294. The van der Waals surface area contributed by atoms with E-state index in [-0.39, 0.29) is 17.4 Å². The van der Waals surface area contributed by atoms with Gasteiger partial charge >= 0.3 is 11.5 Å². The highest BCUT2D eigenvalue weighted by molar-refractivity contribution is 7.75. The van der Waals surface area contributed by atoms with Crippen LogP contribution in [0, 0.1) is 0 Å². The Bertz CT molecular complexity index is 369. The molecule has 0 spiro atoms. The molecule has 0 aliphatic rings. The highest BCUT2D eigenvalue weighted by atomic mass is 35.5. The molecule has 0 aliphatic carbocycles. The van der Waals surface area contributed by atoms with Crippen molar-refractivity contribution in [1.82, 2.24) is 0 Å². The Hall–Kier alpha value is -0.940. The fraction of sp³-hybridized carbons (Fsp3) is 0.125. The second-order valence-corrected chi connectivity index (χ2v) is 3.18. The third-order valence-electron chi connectivity index (χ3n) is 1.44. The molecular weight excluding hydrogens is 231 g/mol. The maximum atomic E-state index is 11.9. The molecule has 76 valence electrons. The molecule has 0 N–H and O–H groups in total. The summed E-state index contributed by atoms with van der Waals surface area (Å²) in [4.78, 5) is 11.1. The van der Waals surface area contributed by atoms with E-state index in [2.05, 4.69) is 4.18 Å². The lowest BCUT2D eigenvalue weighted by Crippen LogP contribution is -2.01. The quantitative estimate of drug-likeness (QED) is 0.456. The van der Waals surface area contributed by atoms with Crippen LogP contribution in [0.5, 0.6) is 5.75 Å². The molecule has 0 saturated heterocycles. The van der Waals surface area contributed by atoms with E-state index in [4.69, 9.17) is 11.6 Å². The molecule has 1 atom stereocenters. The molecule has 0 saturated carbocycles. The molecule has 1 rings (SSSR count). The van der Waals surface area contributed by atoms with E-state index in [9.17, 15) is 12.9 Å². The highest BCUT2D eigenvalue weighted by Crippen LogP contribution is 2.15. The second kappa shape index (κ2) is 5.07. The van der Waals surface area contributed by atoms with Gasteiger partial charge in [-0.1, -0.05) is 16.0 Å². The van der Waals surface area contributed by atoms with Crippen LogP contribution in [0.2, 0.25) is 0 Å². The first-order chi connectivity index (χ1) is 6.63. The summed E-state index contributed by atoms with van der Waals surface area (Å²) >= 11 is 2.44. The van der Waals surface area contributed by atoms with Crippen molar-refractivity contribution in [2.24, 2.45) is 0 Å². The molecule has 0 fully saturated rings. The monoisotopic (exact) mass is 236 g/mol. The topological polar surface area (TPSA) is 43.4 Å². The molecule has 6 heteroatoms. The number of Topliss-reactive ketones (excluding diaryl/α,β-unsaturated/α-hetero) is 1. The van der Waals surface area contributed by atoms with E-state index in [0.717, 1.165) is 0 Å². The predicted molar refractivity (Wildman–Crippen MR) is 51.4 cm³/mol. The lowest BCUT2D eigenvalue weighted by molar-refractivity contribution is 0.102. The third kappa shape index (κ3) is 3.08. The molecule has 1 aromatic rings. The number of alkyl halides is 1. The number of halogens is 2. The Morgan fingerprint density at radius 3 is 2.86 bits per heavy atom. The van der Waals surface area contributed by atoms with Gasteiger partial charge in [0, 0.05) is 5.56 Å². The Kier molecular flexibility index (Phi) is 4.03. The van der Waals surface area contributed by atoms with E-state index >= 15 is 0 Å². The van der Waals surface area contributed by atoms with E-state index in [1.165, 1.54) is 24.3 Å². The largest absolute Gasteiger partial charge is 0.401 e. The molecular formula is C8H6ClFO3S. The number of carbonyl (C=O) groups is 1. The summed E-state index contributed by atoms with van der Waals surface area (Å²) in [5, 5.41) is 0. The van der Waals surface area contributed by atoms with Gasteiger partial charge in [0.1, 0.15) is 5.75 Å². The Balaban J connectivity index is 2.89. The van der Waals surface area contributed by atoms with Crippen molar-refractivity contribution in [2.45, 2.75) is 0 Å². The van der Waals surface area contributed by atoms with E-state index < -0.39 is 11.5 Å². The summed E-state index contributed by atoms with van der Waals surface area (Å²) < 4.78 is 26.3. The van der Waals surface area contributed by atoms with Gasteiger partial charge in [-0.25, -0.2) is 0 Å². The van der Waals surface area contributed by atoms with Crippen molar-refractivity contribution in [2.75, 3.05) is 5.88 Å². The predicted octanol–water partition coefficient (Wildman–Crippen LogP) is 2.04. The van der Waals surface area contributed by atoms with Crippen LogP contribution in [0.1, 0.15) is 10.4 Å². The Morgan fingerprint density at radius 2 is 2.29 bits per heavy atom. The summed E-state index contributed by atoms with van der Waals surface area (Å²) in [6.45, 7) is 0. The first-order valence-corrected chi connectivity index (χ1v) is 5.10. The van der Waals surface area contributed by atoms with Crippen LogP contribution in [-0.2, 0) is 11.5 Å². The van der Waals surface area contributed by atoms with Gasteiger partial charge in [0.2, 0.25) is 0 Å². The maximum absolute atomic E-state index is 11.9.